The largest absolute Gasteiger partial charge is 0.573 e. The van der Waals surface area contributed by atoms with Crippen LogP contribution in [0.5, 0.6) is 5.75 Å². The fraction of sp³-hybridized carbons (Fsp3) is 0.167. The van der Waals surface area contributed by atoms with E-state index in [2.05, 4.69) is 9.72 Å². The van der Waals surface area contributed by atoms with Crippen molar-refractivity contribution < 1.29 is 22.3 Å². The van der Waals surface area contributed by atoms with E-state index in [1.165, 1.54) is 22.6 Å². The molecule has 1 rings (SSSR count). The number of hydrogen-bond donors (Lipinski definition) is 0. The van der Waals surface area contributed by atoms with Crippen LogP contribution in [0.4, 0.5) is 17.6 Å². The summed E-state index contributed by atoms with van der Waals surface area (Å²) < 4.78 is 50.9. The molecule has 0 radical (unpaired) electrons. The molecule has 0 aliphatic rings. The highest BCUT2D eigenvalue weighted by atomic mass is 127. The predicted octanol–water partition coefficient (Wildman–Crippen LogP) is 2.72. The van der Waals surface area contributed by atoms with E-state index in [9.17, 15) is 17.6 Å². The Bertz CT molecular complexity index is 314. The van der Waals surface area contributed by atoms with Crippen molar-refractivity contribution in [2.24, 2.45) is 0 Å². The van der Waals surface area contributed by atoms with Crippen LogP contribution >= 0.6 is 22.6 Å². The summed E-state index contributed by atoms with van der Waals surface area (Å²) in [6.45, 7) is 0. The van der Waals surface area contributed by atoms with Crippen molar-refractivity contribution >= 4 is 22.6 Å². The predicted molar refractivity (Wildman–Crippen MR) is 43.6 cm³/mol. The standard InChI is InChI=1S/C6H2F4INO/c7-3-1-4(5(11)12-2-3)13-6(8,9)10/h1-2H. The van der Waals surface area contributed by atoms with Crippen LogP contribution in [-0.2, 0) is 0 Å². The van der Waals surface area contributed by atoms with Gasteiger partial charge in [-0.15, -0.1) is 13.2 Å². The fourth-order valence-electron chi connectivity index (χ4n) is 0.600. The molecule has 0 aliphatic heterocycles. The normalized spacial score (nSPS) is 11.5. The van der Waals surface area contributed by atoms with Crippen molar-refractivity contribution in [3.8, 4) is 5.75 Å². The molecule has 0 aromatic carbocycles. The zero-order valence-corrected chi connectivity index (χ0v) is 8.06. The topological polar surface area (TPSA) is 22.1 Å². The van der Waals surface area contributed by atoms with Gasteiger partial charge in [-0.1, -0.05) is 0 Å². The molecule has 0 amide bonds. The van der Waals surface area contributed by atoms with E-state index in [-0.39, 0.29) is 3.70 Å². The van der Waals surface area contributed by atoms with Crippen molar-refractivity contribution in [3.63, 3.8) is 0 Å². The van der Waals surface area contributed by atoms with Gasteiger partial charge >= 0.3 is 6.36 Å². The third kappa shape index (κ3) is 3.33. The Morgan fingerprint density at radius 1 is 1.38 bits per heavy atom. The minimum Gasteiger partial charge on any atom is -0.403 e. The second kappa shape index (κ2) is 3.64. The molecule has 1 aromatic rings. The highest BCUT2D eigenvalue weighted by Gasteiger charge is 2.32. The molecule has 0 N–H and O–H groups in total. The van der Waals surface area contributed by atoms with Crippen molar-refractivity contribution in [3.05, 3.63) is 21.8 Å². The molecule has 0 atom stereocenters. The molecule has 7 heteroatoms. The summed E-state index contributed by atoms with van der Waals surface area (Å²) in [6.07, 6.45) is -4.01. The Kier molecular flexibility index (Phi) is 2.94. The lowest BCUT2D eigenvalue weighted by atomic mass is 10.4. The maximum absolute atomic E-state index is 12.4. The maximum atomic E-state index is 12.4. The van der Waals surface area contributed by atoms with Gasteiger partial charge in [0.05, 0.1) is 6.20 Å². The van der Waals surface area contributed by atoms with Crippen molar-refractivity contribution in [2.75, 3.05) is 0 Å². The molecule has 0 saturated heterocycles. The summed E-state index contributed by atoms with van der Waals surface area (Å²) >= 11 is 1.51. The van der Waals surface area contributed by atoms with Crippen LogP contribution in [0.25, 0.3) is 0 Å². The number of nitrogens with zero attached hydrogens (tertiary/aromatic N) is 1. The Hall–Kier alpha value is -0.600. The summed E-state index contributed by atoms with van der Waals surface area (Å²) in [5.74, 6) is -1.51. The van der Waals surface area contributed by atoms with E-state index >= 15 is 0 Å². The summed E-state index contributed by atoms with van der Waals surface area (Å²) in [5, 5.41) is 0. The average molecular weight is 307 g/mol. The first-order valence-corrected chi connectivity index (χ1v) is 4.03. The van der Waals surface area contributed by atoms with Gasteiger partial charge in [0.1, 0.15) is 9.52 Å². The molecule has 0 unspecified atom stereocenters. The number of hydrogen-bond acceptors (Lipinski definition) is 2. The smallest absolute Gasteiger partial charge is 0.403 e. The highest BCUT2D eigenvalue weighted by Crippen LogP contribution is 2.26. The van der Waals surface area contributed by atoms with Gasteiger partial charge in [0.15, 0.2) is 5.75 Å². The zero-order chi connectivity index (χ0) is 10.1. The first-order valence-electron chi connectivity index (χ1n) is 2.95. The van der Waals surface area contributed by atoms with Gasteiger partial charge in [-0.2, -0.15) is 0 Å². The van der Waals surface area contributed by atoms with E-state index in [0.29, 0.717) is 6.07 Å². The van der Waals surface area contributed by atoms with Gasteiger partial charge < -0.3 is 4.74 Å². The summed E-state index contributed by atoms with van der Waals surface area (Å²) in [5.41, 5.74) is 0. The van der Waals surface area contributed by atoms with Gasteiger partial charge in [-0.25, -0.2) is 9.37 Å². The minimum atomic E-state index is -4.82. The van der Waals surface area contributed by atoms with Gasteiger partial charge in [-0.3, -0.25) is 0 Å². The Labute approximate surface area is 84.1 Å². The van der Waals surface area contributed by atoms with E-state index < -0.39 is 17.9 Å². The van der Waals surface area contributed by atoms with Crippen LogP contribution in [0, 0.1) is 9.52 Å². The molecule has 0 saturated carbocycles. The third-order valence-corrected chi connectivity index (χ3v) is 1.81. The molecule has 0 bridgehead atoms. The van der Waals surface area contributed by atoms with Gasteiger partial charge in [-0.05, 0) is 22.6 Å². The van der Waals surface area contributed by atoms with Crippen LogP contribution in [0.2, 0.25) is 0 Å². The molecule has 1 aromatic heterocycles. The third-order valence-electron chi connectivity index (χ3n) is 0.999. The van der Waals surface area contributed by atoms with Crippen LogP contribution in [-0.4, -0.2) is 11.3 Å². The van der Waals surface area contributed by atoms with Crippen LogP contribution in [0.15, 0.2) is 12.3 Å². The molecule has 0 fully saturated rings. The molecule has 0 aliphatic carbocycles. The molecule has 0 spiro atoms. The quantitative estimate of drug-likeness (QED) is 0.452. The lowest BCUT2D eigenvalue weighted by Gasteiger charge is -2.09. The zero-order valence-electron chi connectivity index (χ0n) is 5.90. The van der Waals surface area contributed by atoms with Crippen LogP contribution in [0.1, 0.15) is 0 Å². The number of ether oxygens (including phenoxy) is 1. The van der Waals surface area contributed by atoms with E-state index in [0.717, 1.165) is 6.20 Å². The van der Waals surface area contributed by atoms with Crippen molar-refractivity contribution in [2.45, 2.75) is 6.36 Å². The highest BCUT2D eigenvalue weighted by molar-refractivity contribution is 14.1. The second-order valence-corrected chi connectivity index (χ2v) is 3.01. The molecular formula is C6H2F4INO. The molecule has 13 heavy (non-hydrogen) atoms. The van der Waals surface area contributed by atoms with Gasteiger partial charge in [0, 0.05) is 6.07 Å². The molecule has 2 nitrogen and oxygen atoms in total. The lowest BCUT2D eigenvalue weighted by molar-refractivity contribution is -0.275. The van der Waals surface area contributed by atoms with Crippen LogP contribution in [0.3, 0.4) is 0 Å². The summed E-state index contributed by atoms with van der Waals surface area (Å²) in [4.78, 5) is 3.35. The lowest BCUT2D eigenvalue weighted by Crippen LogP contribution is -2.18. The van der Waals surface area contributed by atoms with Crippen molar-refractivity contribution in [1.82, 2.24) is 4.98 Å². The monoisotopic (exact) mass is 307 g/mol. The number of halogens is 5. The van der Waals surface area contributed by atoms with Crippen molar-refractivity contribution in [1.29, 1.82) is 0 Å². The van der Waals surface area contributed by atoms with E-state index in [4.69, 9.17) is 0 Å². The number of alkyl halides is 3. The van der Waals surface area contributed by atoms with Gasteiger partial charge in [0.25, 0.3) is 0 Å². The van der Waals surface area contributed by atoms with E-state index in [1.807, 2.05) is 0 Å². The summed E-state index contributed by atoms with van der Waals surface area (Å²) in [6, 6.07) is 0.627. The van der Waals surface area contributed by atoms with E-state index in [1.54, 1.807) is 0 Å². The molecule has 1 heterocycles. The fourth-order valence-corrected chi connectivity index (χ4v) is 1.01. The number of pyridine rings is 1. The first-order chi connectivity index (χ1) is 5.88. The van der Waals surface area contributed by atoms with Gasteiger partial charge in [0.2, 0.25) is 0 Å². The maximum Gasteiger partial charge on any atom is 0.573 e. The Morgan fingerprint density at radius 3 is 2.54 bits per heavy atom. The molecule has 72 valence electrons. The molecular weight excluding hydrogens is 305 g/mol. The number of aromatic nitrogens is 1. The first kappa shape index (κ1) is 10.5. The SMILES string of the molecule is Fc1cnc(I)c(OC(F)(F)F)c1. The second-order valence-electron chi connectivity index (χ2n) is 1.99. The Morgan fingerprint density at radius 2 is 2.00 bits per heavy atom. The number of rotatable bonds is 1. The average Bonchev–Trinajstić information content (AvgIpc) is 1.94. The minimum absolute atomic E-state index is 0.0451. The Balaban J connectivity index is 2.94. The van der Waals surface area contributed by atoms with Crippen LogP contribution < -0.4 is 4.74 Å². The summed E-state index contributed by atoms with van der Waals surface area (Å²) in [7, 11) is 0.